The van der Waals surface area contributed by atoms with Gasteiger partial charge in [0.15, 0.2) is 0 Å². The zero-order chi connectivity index (χ0) is 42.1. The van der Waals surface area contributed by atoms with Gasteiger partial charge in [0.25, 0.3) is 0 Å². The summed E-state index contributed by atoms with van der Waals surface area (Å²) in [5.74, 6) is 3.82. The minimum atomic E-state index is -0.623. The van der Waals surface area contributed by atoms with Gasteiger partial charge in [-0.15, -0.1) is 39.7 Å². The van der Waals surface area contributed by atoms with Gasteiger partial charge in [-0.3, -0.25) is 6.08 Å². The van der Waals surface area contributed by atoms with Crippen molar-refractivity contribution in [2.24, 2.45) is 29.1 Å². The van der Waals surface area contributed by atoms with E-state index in [4.69, 9.17) is 23.2 Å². The number of allylic oxidation sites excluding steroid dienone is 8. The molecule has 62 heavy (non-hydrogen) atoms. The second kappa shape index (κ2) is 18.4. The van der Waals surface area contributed by atoms with Crippen molar-refractivity contribution in [1.29, 1.82) is 0 Å². The van der Waals surface area contributed by atoms with Crippen molar-refractivity contribution >= 4 is 63.3 Å². The smallest absolute Gasteiger partial charge is 1.00 e. The summed E-state index contributed by atoms with van der Waals surface area (Å²) in [4.78, 5) is 0. The van der Waals surface area contributed by atoms with Gasteiger partial charge in [-0.1, -0.05) is 89.3 Å². The number of hydrogen-bond donors (Lipinski definition) is 0. The molecule has 0 aliphatic heterocycles. The quantitative estimate of drug-likeness (QED) is 0.158. The molecule has 324 valence electrons. The van der Waals surface area contributed by atoms with Crippen LogP contribution in [0, 0.1) is 35.2 Å². The third kappa shape index (κ3) is 9.71. The maximum atomic E-state index is 5.84. The minimum absolute atomic E-state index is 0. The molecule has 0 N–H and O–H groups in total. The van der Waals surface area contributed by atoms with E-state index >= 15 is 0 Å². The molecule has 0 spiro atoms. The number of rotatable bonds is 4. The number of fused-ring (bicyclic) bond motifs is 5. The molecular formula is C57H60Cl4Zr-4. The Hall–Kier alpha value is -2.51. The fourth-order valence-electron chi connectivity index (χ4n) is 12.6. The summed E-state index contributed by atoms with van der Waals surface area (Å²) in [5, 5.41) is 7.14. The van der Waals surface area contributed by atoms with Gasteiger partial charge < -0.3 is 24.8 Å². The predicted octanol–water partition coefficient (Wildman–Crippen LogP) is 10.1. The molecule has 7 aliphatic rings. The molecule has 4 bridgehead atoms. The normalized spacial score (nSPS) is 25.0. The molecule has 1 atom stereocenters. The summed E-state index contributed by atoms with van der Waals surface area (Å²) < 4.78 is 4.66. The summed E-state index contributed by atoms with van der Waals surface area (Å²) in [6, 6.07) is 28.0. The molecule has 0 nitrogen and oxygen atoms in total. The SMILES string of the molecule is CC1=CC(C)(C)c2cc3[cH-]c4cc5c(cc4c3cc21)C(C)=CC5(C)C.CC1=[C-]C(C)C=C1CC12CC3CC(CC(C3)C1)C2.Clc1ccc([CH]=[Zr]=[CH]c2ccc(Cl)cc2)cc1.[Cl-].[Cl-]. The van der Waals surface area contributed by atoms with E-state index in [2.05, 4.69) is 142 Å². The van der Waals surface area contributed by atoms with E-state index in [1.165, 1.54) is 78.1 Å². The van der Waals surface area contributed by atoms with Crippen LogP contribution in [0.3, 0.4) is 0 Å². The van der Waals surface area contributed by atoms with Crippen molar-refractivity contribution in [3.63, 3.8) is 0 Å². The Labute approximate surface area is 405 Å². The van der Waals surface area contributed by atoms with Crippen molar-refractivity contribution in [1.82, 2.24) is 0 Å². The molecule has 0 amide bonds. The molecule has 0 saturated heterocycles. The molecular weight excluding hydrogens is 918 g/mol. The van der Waals surface area contributed by atoms with E-state index in [1.54, 1.807) is 44.1 Å². The van der Waals surface area contributed by atoms with Crippen LogP contribution in [0.15, 0.2) is 108 Å². The Morgan fingerprint density at radius 2 is 1.08 bits per heavy atom. The van der Waals surface area contributed by atoms with E-state index in [9.17, 15) is 0 Å². The summed E-state index contributed by atoms with van der Waals surface area (Å²) in [6.45, 7) is 18.3. The maximum Gasteiger partial charge on any atom is -1.00 e. The monoisotopic (exact) mass is 974 g/mol. The van der Waals surface area contributed by atoms with Gasteiger partial charge in [0.2, 0.25) is 0 Å². The summed E-state index contributed by atoms with van der Waals surface area (Å²) in [6.07, 6.45) is 21.6. The number of benzene rings is 4. The first-order chi connectivity index (χ1) is 28.5. The van der Waals surface area contributed by atoms with Crippen molar-refractivity contribution in [3.05, 3.63) is 158 Å². The van der Waals surface area contributed by atoms with Crippen LogP contribution in [0.1, 0.15) is 134 Å². The zero-order valence-corrected chi connectivity index (χ0v) is 43.1. The Kier molecular flexibility index (Phi) is 14.1. The van der Waals surface area contributed by atoms with Crippen LogP contribution < -0.4 is 24.8 Å². The van der Waals surface area contributed by atoms with Crippen LogP contribution in [0.5, 0.6) is 0 Å². The van der Waals surface area contributed by atoms with Crippen molar-refractivity contribution in [3.8, 4) is 0 Å². The molecule has 7 aliphatic carbocycles. The Balaban J connectivity index is 0.000000141. The van der Waals surface area contributed by atoms with Crippen molar-refractivity contribution < 1.29 is 47.1 Å². The molecule has 0 aromatic heterocycles. The number of halogens is 4. The molecule has 4 saturated carbocycles. The topological polar surface area (TPSA) is 0 Å². The van der Waals surface area contributed by atoms with E-state index < -0.39 is 22.3 Å². The molecule has 0 radical (unpaired) electrons. The second-order valence-corrected chi connectivity index (χ2v) is 23.7. The van der Waals surface area contributed by atoms with Gasteiger partial charge in [-0.05, 0) is 97.8 Å². The molecule has 12 rings (SSSR count). The van der Waals surface area contributed by atoms with E-state index in [1.807, 2.05) is 24.3 Å². The Morgan fingerprint density at radius 3 is 1.47 bits per heavy atom. The number of hydrogen-bond acceptors (Lipinski definition) is 0. The third-order valence-corrected chi connectivity index (χ3v) is 17.7. The fraction of sp³-hybridized carbons (Fsp3) is 0.386. The van der Waals surface area contributed by atoms with Crippen LogP contribution in [-0.4, -0.2) is 7.42 Å². The third-order valence-electron chi connectivity index (χ3n) is 14.7. The summed E-state index contributed by atoms with van der Waals surface area (Å²) in [7, 11) is 0. The van der Waals surface area contributed by atoms with E-state index in [-0.39, 0.29) is 35.6 Å². The van der Waals surface area contributed by atoms with Gasteiger partial charge in [0.05, 0.1) is 0 Å². The second-order valence-electron chi connectivity index (χ2n) is 20.6. The maximum absolute atomic E-state index is 5.84. The Bertz CT molecular complexity index is 2510. The van der Waals surface area contributed by atoms with Crippen molar-refractivity contribution in [2.75, 3.05) is 0 Å². The van der Waals surface area contributed by atoms with Gasteiger partial charge >= 0.3 is 123 Å². The Morgan fingerprint density at radius 1 is 0.661 bits per heavy atom. The fourth-order valence-corrected chi connectivity index (χ4v) is 14.9. The molecule has 5 aromatic carbocycles. The molecule has 5 aromatic rings. The first-order valence-corrected chi connectivity index (χ1v) is 26.0. The van der Waals surface area contributed by atoms with E-state index in [0.717, 1.165) is 27.8 Å². The zero-order valence-electron chi connectivity index (χ0n) is 37.7. The first kappa shape index (κ1) is 47.5. The summed E-state index contributed by atoms with van der Waals surface area (Å²) in [5.41, 5.74) is 15.2. The largest absolute Gasteiger partial charge is 1.00 e. The van der Waals surface area contributed by atoms with Gasteiger partial charge in [0.1, 0.15) is 0 Å². The van der Waals surface area contributed by atoms with Crippen LogP contribution >= 0.6 is 23.2 Å². The first-order valence-electron chi connectivity index (χ1n) is 22.4. The average molecular weight is 978 g/mol. The van der Waals surface area contributed by atoms with Crippen LogP contribution in [-0.2, 0) is 33.1 Å². The molecule has 0 heterocycles. The van der Waals surface area contributed by atoms with Crippen LogP contribution in [0.4, 0.5) is 0 Å². The standard InChI is InChI=1S/C25H25.C18H25.2C7H5Cl.2ClH.Zr/c1-14-12-24(3,4)22-8-16-7-17-9-23-19(15(2)13-25(23,5)6)11-21(17)20(16)10-18(14)22;1-12-3-13(2)17(4-12)11-18-8-14-5-15(9-18)7-16(6-14)10-18;2*1-6-2-4-7(8)5-3-6;;;/h7-13H,1-6H3;4,12,14-16H,5-11H2,1-2H3;2*1-5H;2*1H;/q2*-1;;;;;/p-2. The molecule has 4 fully saturated rings. The van der Waals surface area contributed by atoms with Crippen LogP contribution in [0.25, 0.3) is 32.7 Å². The van der Waals surface area contributed by atoms with Gasteiger partial charge in [-0.2, -0.15) is 11.6 Å². The average Bonchev–Trinajstić information content (AvgIpc) is 3.84. The van der Waals surface area contributed by atoms with Crippen LogP contribution in [0.2, 0.25) is 10.0 Å². The predicted molar refractivity (Wildman–Crippen MR) is 259 cm³/mol. The van der Waals surface area contributed by atoms with Gasteiger partial charge in [-0.25, -0.2) is 5.57 Å². The van der Waals surface area contributed by atoms with Gasteiger partial charge in [0, 0.05) is 10.8 Å². The van der Waals surface area contributed by atoms with E-state index in [0.29, 0.717) is 11.3 Å². The van der Waals surface area contributed by atoms with Crippen molar-refractivity contribution in [2.45, 2.75) is 111 Å². The molecule has 5 heteroatoms. The minimum Gasteiger partial charge on any atom is -1.00 e. The molecule has 1 unspecified atom stereocenters. The summed E-state index contributed by atoms with van der Waals surface area (Å²) >= 11 is 11.0.